The van der Waals surface area contributed by atoms with E-state index in [2.05, 4.69) is 4.99 Å². The van der Waals surface area contributed by atoms with E-state index in [4.69, 9.17) is 0 Å². The van der Waals surface area contributed by atoms with Gasteiger partial charge in [-0.3, -0.25) is 9.69 Å². The third kappa shape index (κ3) is 3.82. The first kappa shape index (κ1) is 19.5. The van der Waals surface area contributed by atoms with Gasteiger partial charge in [-0.2, -0.15) is 4.99 Å². The molecule has 30 heavy (non-hydrogen) atoms. The molecule has 5 heteroatoms. The van der Waals surface area contributed by atoms with Crippen LogP contribution in [0.4, 0.5) is 17.1 Å². The van der Waals surface area contributed by atoms with Crippen LogP contribution in [0.3, 0.4) is 0 Å². The van der Waals surface area contributed by atoms with Gasteiger partial charge in [-0.1, -0.05) is 48.5 Å². The number of anilines is 3. The summed E-state index contributed by atoms with van der Waals surface area (Å²) in [4.78, 5) is 23.1. The summed E-state index contributed by atoms with van der Waals surface area (Å²) in [5.74, 6) is 0.328. The van der Waals surface area contributed by atoms with Crippen LogP contribution in [0, 0.1) is 0 Å². The lowest BCUT2D eigenvalue weighted by Crippen LogP contribution is -2.36. The Labute approximate surface area is 177 Å². The third-order valence-electron chi connectivity index (χ3n) is 5.02. The van der Waals surface area contributed by atoms with Gasteiger partial charge in [-0.05, 0) is 48.0 Å². The molecule has 0 unspecified atom stereocenters. The van der Waals surface area contributed by atoms with E-state index in [0.717, 1.165) is 22.6 Å². The van der Waals surface area contributed by atoms with Gasteiger partial charge in [0.25, 0.3) is 5.91 Å². The normalized spacial score (nSPS) is 14.8. The second-order valence-electron chi connectivity index (χ2n) is 7.30. The first-order valence-electron chi connectivity index (χ1n) is 9.80. The van der Waals surface area contributed by atoms with Crippen LogP contribution in [0.1, 0.15) is 5.56 Å². The van der Waals surface area contributed by atoms with Crippen LogP contribution in [0.15, 0.2) is 95.6 Å². The van der Waals surface area contributed by atoms with Crippen LogP contribution in [0.5, 0.6) is 0 Å². The molecule has 0 aromatic heterocycles. The number of nitrogens with zero attached hydrogens (tertiary/aromatic N) is 4. The summed E-state index contributed by atoms with van der Waals surface area (Å²) in [5.41, 5.74) is 4.49. The highest BCUT2D eigenvalue weighted by Gasteiger charge is 2.31. The van der Waals surface area contributed by atoms with E-state index in [-0.39, 0.29) is 5.91 Å². The Morgan fingerprint density at radius 1 is 0.767 bits per heavy atom. The quantitative estimate of drug-likeness (QED) is 0.596. The highest BCUT2D eigenvalue weighted by Crippen LogP contribution is 2.30. The molecule has 0 fully saturated rings. The van der Waals surface area contributed by atoms with Gasteiger partial charge in [0.05, 0.1) is 0 Å². The highest BCUT2D eigenvalue weighted by atomic mass is 16.2. The number of aliphatic imine (C=N–C) groups is 1. The van der Waals surface area contributed by atoms with E-state index in [0.29, 0.717) is 11.7 Å². The SMILES string of the molecule is CN1C(N(c2ccccc2)c2ccccc2)=NC(=O)/C1=C\c1ccc(N(C)C)cc1. The molecule has 0 atom stereocenters. The molecule has 150 valence electrons. The maximum atomic E-state index is 12.8. The van der Waals surface area contributed by atoms with Gasteiger partial charge >= 0.3 is 0 Å². The monoisotopic (exact) mass is 396 g/mol. The Morgan fingerprint density at radius 3 is 1.80 bits per heavy atom. The van der Waals surface area contributed by atoms with Crippen LogP contribution >= 0.6 is 0 Å². The average Bonchev–Trinajstić information content (AvgIpc) is 3.04. The second-order valence-corrected chi connectivity index (χ2v) is 7.30. The van der Waals surface area contributed by atoms with Crippen molar-refractivity contribution >= 4 is 35.0 Å². The van der Waals surface area contributed by atoms with Crippen molar-refractivity contribution in [2.24, 2.45) is 4.99 Å². The summed E-state index contributed by atoms with van der Waals surface area (Å²) >= 11 is 0. The molecular formula is C25H24N4O. The molecule has 3 aromatic carbocycles. The van der Waals surface area contributed by atoms with Crippen molar-refractivity contribution in [2.45, 2.75) is 0 Å². The molecule has 1 aliphatic rings. The maximum Gasteiger partial charge on any atom is 0.296 e. The first-order valence-corrected chi connectivity index (χ1v) is 9.80. The number of guanidine groups is 1. The lowest BCUT2D eigenvalue weighted by atomic mass is 10.1. The Morgan fingerprint density at radius 2 is 1.30 bits per heavy atom. The largest absolute Gasteiger partial charge is 0.378 e. The zero-order valence-corrected chi connectivity index (χ0v) is 17.4. The topological polar surface area (TPSA) is 39.1 Å². The summed E-state index contributed by atoms with van der Waals surface area (Å²) in [7, 11) is 5.88. The summed E-state index contributed by atoms with van der Waals surface area (Å²) in [6.45, 7) is 0. The van der Waals surface area contributed by atoms with Crippen LogP contribution in [0.2, 0.25) is 0 Å². The highest BCUT2D eigenvalue weighted by molar-refractivity contribution is 6.18. The number of rotatable bonds is 4. The molecule has 1 amide bonds. The Kier molecular flexibility index (Phi) is 5.35. The van der Waals surface area contributed by atoms with Crippen molar-refractivity contribution in [2.75, 3.05) is 30.9 Å². The van der Waals surface area contributed by atoms with Crippen LogP contribution in [0.25, 0.3) is 6.08 Å². The summed E-state index contributed by atoms with van der Waals surface area (Å²) in [6, 6.07) is 28.0. The van der Waals surface area contributed by atoms with Gasteiger partial charge in [-0.25, -0.2) is 0 Å². The number of para-hydroxylation sites is 2. The van der Waals surface area contributed by atoms with E-state index in [1.807, 2.05) is 127 Å². The predicted octanol–water partition coefficient (Wildman–Crippen LogP) is 4.76. The molecule has 1 aliphatic heterocycles. The van der Waals surface area contributed by atoms with E-state index in [1.165, 1.54) is 0 Å². The number of amides is 1. The molecular weight excluding hydrogens is 372 g/mol. The van der Waals surface area contributed by atoms with Crippen LogP contribution in [-0.4, -0.2) is 37.9 Å². The fourth-order valence-electron chi connectivity index (χ4n) is 3.39. The Hall–Kier alpha value is -3.86. The van der Waals surface area contributed by atoms with Gasteiger partial charge in [0.1, 0.15) is 5.70 Å². The van der Waals surface area contributed by atoms with Gasteiger partial charge < -0.3 is 9.80 Å². The Balaban J connectivity index is 1.70. The zero-order valence-electron chi connectivity index (χ0n) is 17.4. The van der Waals surface area contributed by atoms with Crippen molar-refractivity contribution < 1.29 is 4.79 Å². The molecule has 0 spiro atoms. The van der Waals surface area contributed by atoms with Crippen molar-refractivity contribution in [1.82, 2.24) is 4.90 Å². The van der Waals surface area contributed by atoms with Crippen molar-refractivity contribution in [3.8, 4) is 0 Å². The van der Waals surface area contributed by atoms with Crippen LogP contribution in [-0.2, 0) is 4.79 Å². The number of hydrogen-bond acceptors (Lipinski definition) is 4. The van der Waals surface area contributed by atoms with Gasteiger partial charge in [0, 0.05) is 38.2 Å². The van der Waals surface area contributed by atoms with Crippen LogP contribution < -0.4 is 9.80 Å². The predicted molar refractivity (Wildman–Crippen MR) is 124 cm³/mol. The molecule has 0 saturated heterocycles. The molecule has 0 N–H and O–H groups in total. The summed E-state index contributed by atoms with van der Waals surface area (Å²) < 4.78 is 0. The summed E-state index contributed by atoms with van der Waals surface area (Å²) in [6.07, 6.45) is 1.88. The second kappa shape index (κ2) is 8.25. The number of carbonyl (C=O) groups is 1. The number of carbonyl (C=O) groups excluding carboxylic acids is 1. The van der Waals surface area contributed by atoms with E-state index in [1.54, 1.807) is 0 Å². The minimum Gasteiger partial charge on any atom is -0.378 e. The fraction of sp³-hybridized carbons (Fsp3) is 0.120. The number of likely N-dealkylation sites (N-methyl/N-ethyl adjacent to an activating group) is 1. The minimum atomic E-state index is -0.249. The average molecular weight is 396 g/mol. The summed E-state index contributed by atoms with van der Waals surface area (Å²) in [5, 5.41) is 0. The lowest BCUT2D eigenvalue weighted by Gasteiger charge is -2.28. The number of benzene rings is 3. The van der Waals surface area contributed by atoms with Crippen molar-refractivity contribution in [3.05, 3.63) is 96.2 Å². The molecule has 0 bridgehead atoms. The van der Waals surface area contributed by atoms with E-state index in [9.17, 15) is 4.79 Å². The van der Waals surface area contributed by atoms with Gasteiger partial charge in [0.15, 0.2) is 0 Å². The van der Waals surface area contributed by atoms with Gasteiger partial charge in [-0.15, -0.1) is 0 Å². The molecule has 4 rings (SSSR count). The zero-order chi connectivity index (χ0) is 21.1. The maximum absolute atomic E-state index is 12.8. The molecule has 0 saturated carbocycles. The van der Waals surface area contributed by atoms with Crippen molar-refractivity contribution in [1.29, 1.82) is 0 Å². The lowest BCUT2D eigenvalue weighted by molar-refractivity contribution is -0.114. The van der Waals surface area contributed by atoms with Crippen molar-refractivity contribution in [3.63, 3.8) is 0 Å². The molecule has 0 aliphatic carbocycles. The fourth-order valence-corrected chi connectivity index (χ4v) is 3.39. The molecule has 5 nitrogen and oxygen atoms in total. The molecule has 3 aromatic rings. The Bertz CT molecular complexity index is 1050. The molecule has 1 heterocycles. The standard InChI is InChI=1S/C25H24N4O/c1-27(2)20-16-14-19(15-17-20)18-23-24(30)26-25(28(23)3)29(21-10-6-4-7-11-21)22-12-8-5-9-13-22/h4-18H,1-3H3/b23-18+. The number of hydrogen-bond donors (Lipinski definition) is 0. The minimum absolute atomic E-state index is 0.249. The van der Waals surface area contributed by atoms with E-state index >= 15 is 0 Å². The first-order chi connectivity index (χ1) is 14.5. The van der Waals surface area contributed by atoms with E-state index < -0.39 is 0 Å². The third-order valence-corrected chi connectivity index (χ3v) is 5.02. The molecule has 0 radical (unpaired) electrons. The smallest absolute Gasteiger partial charge is 0.296 e. The van der Waals surface area contributed by atoms with Gasteiger partial charge in [0.2, 0.25) is 5.96 Å².